The molecule has 6 atom stereocenters. The van der Waals surface area contributed by atoms with Crippen molar-refractivity contribution in [2.75, 3.05) is 10.3 Å². The van der Waals surface area contributed by atoms with Crippen molar-refractivity contribution in [3.63, 3.8) is 0 Å². The van der Waals surface area contributed by atoms with Crippen LogP contribution in [-0.4, -0.2) is 38.7 Å². The first kappa shape index (κ1) is 33.7. The highest BCUT2D eigenvalue weighted by molar-refractivity contribution is 9.10. The number of anilines is 2. The first-order valence-electron chi connectivity index (χ1n) is 16.4. The highest BCUT2D eigenvalue weighted by atomic mass is 79.9. The van der Waals surface area contributed by atoms with Gasteiger partial charge in [-0.3, -0.25) is 34.7 Å². The fraction of sp³-hybridized carbons (Fsp3) is 0.211. The predicted molar refractivity (Wildman–Crippen MR) is 190 cm³/mol. The van der Waals surface area contributed by atoms with Crippen molar-refractivity contribution < 1.29 is 33.6 Å². The maximum atomic E-state index is 15.2. The quantitative estimate of drug-likeness (QED) is 0.0915. The van der Waals surface area contributed by atoms with Crippen molar-refractivity contribution in [1.82, 2.24) is 5.01 Å². The zero-order valence-corrected chi connectivity index (χ0v) is 29.3. The number of rotatable bonds is 6. The average Bonchev–Trinajstić information content (AvgIpc) is 3.51. The minimum absolute atomic E-state index is 0.0190. The molecule has 2 aliphatic heterocycles. The van der Waals surface area contributed by atoms with E-state index in [4.69, 9.17) is 11.6 Å². The zero-order chi connectivity index (χ0) is 36.6. The molecule has 2 heterocycles. The minimum Gasteiger partial charge on any atom is -0.508 e. The lowest BCUT2D eigenvalue weighted by molar-refractivity contribution is -0.384. The average molecular weight is 786 g/mol. The Kier molecular flexibility index (Phi) is 8.03. The van der Waals surface area contributed by atoms with E-state index in [1.807, 2.05) is 6.08 Å². The van der Waals surface area contributed by atoms with Crippen LogP contribution in [-0.2, 0) is 24.6 Å². The molecule has 1 saturated carbocycles. The topological polar surface area (TPSA) is 150 Å². The van der Waals surface area contributed by atoms with Crippen LogP contribution >= 0.6 is 27.5 Å². The Morgan fingerprint density at radius 2 is 1.65 bits per heavy atom. The number of allylic oxidation sites excluding steroid dienone is 2. The number of nitro benzene ring substituents is 1. The van der Waals surface area contributed by atoms with E-state index in [1.165, 1.54) is 54.6 Å². The number of carbonyl (C=O) groups excluding carboxylic acids is 4. The number of fused-ring (bicyclic) bond motifs is 4. The molecule has 52 heavy (non-hydrogen) atoms. The lowest BCUT2D eigenvalue weighted by Gasteiger charge is -2.50. The molecule has 4 aliphatic rings. The van der Waals surface area contributed by atoms with Crippen LogP contribution in [0.4, 0.5) is 21.5 Å². The van der Waals surface area contributed by atoms with Gasteiger partial charge in [-0.15, -0.1) is 0 Å². The van der Waals surface area contributed by atoms with Gasteiger partial charge in [0.2, 0.25) is 11.8 Å². The summed E-state index contributed by atoms with van der Waals surface area (Å²) in [7, 11) is 0. The van der Waals surface area contributed by atoms with E-state index in [9.17, 15) is 34.0 Å². The van der Waals surface area contributed by atoms with Gasteiger partial charge in [0.05, 0.1) is 39.5 Å². The summed E-state index contributed by atoms with van der Waals surface area (Å²) < 4.78 is 14.4. The number of halogens is 3. The second-order valence-electron chi connectivity index (χ2n) is 13.4. The van der Waals surface area contributed by atoms with Crippen LogP contribution in [0, 0.1) is 39.6 Å². The third-order valence-electron chi connectivity index (χ3n) is 10.9. The maximum Gasteiger partial charge on any atom is 0.271 e. The number of amides is 4. The van der Waals surface area contributed by atoms with E-state index >= 15 is 4.79 Å². The molecule has 262 valence electrons. The van der Waals surface area contributed by atoms with Gasteiger partial charge in [0, 0.05) is 33.1 Å². The highest BCUT2D eigenvalue weighted by Crippen LogP contribution is 2.65. The second kappa shape index (κ2) is 12.4. The summed E-state index contributed by atoms with van der Waals surface area (Å²) in [5.41, 5.74) is 2.63. The zero-order valence-electron chi connectivity index (χ0n) is 26.9. The van der Waals surface area contributed by atoms with E-state index in [1.54, 1.807) is 36.4 Å². The van der Waals surface area contributed by atoms with Crippen LogP contribution in [0.25, 0.3) is 0 Å². The van der Waals surface area contributed by atoms with Gasteiger partial charge >= 0.3 is 0 Å². The van der Waals surface area contributed by atoms with E-state index in [0.29, 0.717) is 26.2 Å². The number of phenols is 1. The molecule has 0 bridgehead atoms. The van der Waals surface area contributed by atoms with Crippen molar-refractivity contribution in [2.45, 2.75) is 24.2 Å². The number of nitro groups is 1. The molecule has 8 rings (SSSR count). The van der Waals surface area contributed by atoms with Crippen LogP contribution in [0.2, 0.25) is 5.02 Å². The van der Waals surface area contributed by atoms with Gasteiger partial charge in [-0.2, -0.15) is 5.01 Å². The number of imide groups is 2. The van der Waals surface area contributed by atoms with E-state index in [0.717, 1.165) is 9.91 Å². The molecule has 3 fully saturated rings. The molecule has 0 unspecified atom stereocenters. The summed E-state index contributed by atoms with van der Waals surface area (Å²) in [4.78, 5) is 70.3. The summed E-state index contributed by atoms with van der Waals surface area (Å²) in [5, 5.41) is 24.4. The Bertz CT molecular complexity index is 2250. The van der Waals surface area contributed by atoms with Crippen LogP contribution in [0.3, 0.4) is 0 Å². The third-order valence-corrected chi connectivity index (χ3v) is 11.6. The Morgan fingerprint density at radius 3 is 2.37 bits per heavy atom. The Morgan fingerprint density at radius 1 is 0.923 bits per heavy atom. The lowest BCUT2D eigenvalue weighted by Crippen LogP contribution is -2.53. The van der Waals surface area contributed by atoms with Gasteiger partial charge in [-0.25, -0.2) is 9.29 Å². The number of benzene rings is 4. The van der Waals surface area contributed by atoms with Gasteiger partial charge in [-0.05, 0) is 85.0 Å². The number of hydrazine groups is 1. The van der Waals surface area contributed by atoms with Crippen molar-refractivity contribution in [3.8, 4) is 5.75 Å². The first-order chi connectivity index (χ1) is 24.9. The number of nitrogens with zero attached hydrogens (tertiary/aromatic N) is 3. The summed E-state index contributed by atoms with van der Waals surface area (Å²) in [6.45, 7) is 0. The molecule has 4 aromatic carbocycles. The third kappa shape index (κ3) is 4.97. The van der Waals surface area contributed by atoms with Crippen LogP contribution in [0.5, 0.6) is 5.75 Å². The van der Waals surface area contributed by atoms with Gasteiger partial charge in [-0.1, -0.05) is 57.4 Å². The van der Waals surface area contributed by atoms with Crippen molar-refractivity contribution >= 4 is 68.2 Å². The number of phenolic OH excluding ortho intramolecular Hbond substituents is 1. The standard InChI is InChI=1S/C38H27BrClFN4O7/c39-20-6-15-31(46)29(16-20)33-26-13-14-27-32(36(49)43(34(27)47)24-2-1-3-25(17-24)45(51)52)28(26)18-30-35(48)44(42-23-11-9-22(41)10-12-23)37(50)38(30,33)19-4-7-21(40)8-5-19/h1-13,15-17,27-28,30,32-33,42,46H,14,18H2/t27-,28+,30-,32-,33+,38+/m0/s1. The van der Waals surface area contributed by atoms with Gasteiger partial charge < -0.3 is 5.11 Å². The Balaban J connectivity index is 1.32. The molecule has 14 heteroatoms. The van der Waals surface area contributed by atoms with Crippen LogP contribution in [0.1, 0.15) is 29.9 Å². The molecule has 0 aromatic heterocycles. The number of hydrogen-bond donors (Lipinski definition) is 2. The normalized spacial score (nSPS) is 26.5. The fourth-order valence-electron chi connectivity index (χ4n) is 8.76. The molecular weight excluding hydrogens is 759 g/mol. The van der Waals surface area contributed by atoms with Crippen molar-refractivity contribution in [1.29, 1.82) is 0 Å². The molecule has 0 spiro atoms. The molecule has 2 N–H and O–H groups in total. The Hall–Kier alpha value is -5.40. The lowest BCUT2D eigenvalue weighted by atomic mass is 9.49. The molecule has 4 amide bonds. The number of nitrogens with one attached hydrogen (secondary N) is 1. The second-order valence-corrected chi connectivity index (χ2v) is 14.7. The summed E-state index contributed by atoms with van der Waals surface area (Å²) >= 11 is 9.82. The minimum atomic E-state index is -1.67. The van der Waals surface area contributed by atoms with E-state index < -0.39 is 69.4 Å². The molecule has 4 aromatic rings. The molecule has 11 nitrogen and oxygen atoms in total. The first-order valence-corrected chi connectivity index (χ1v) is 17.6. The Labute approximate surface area is 308 Å². The smallest absolute Gasteiger partial charge is 0.271 e. The highest BCUT2D eigenvalue weighted by Gasteiger charge is 2.70. The monoisotopic (exact) mass is 784 g/mol. The summed E-state index contributed by atoms with van der Waals surface area (Å²) in [6.07, 6.45) is 1.92. The number of non-ortho nitro benzene ring substituents is 1. The fourth-order valence-corrected chi connectivity index (χ4v) is 9.26. The van der Waals surface area contributed by atoms with E-state index in [2.05, 4.69) is 21.4 Å². The number of hydrogen-bond acceptors (Lipinski definition) is 8. The SMILES string of the molecule is O=C1[C@@H]2C[C@@H]3C(=CC[C@@H]4C(=O)N(c5cccc([N+](=O)[O-])c5)C(=O)[C@@H]43)[C@H](c3cc(Br)ccc3O)[C@]2(c2ccc(Cl)cc2)C(=O)N1Nc1ccc(F)cc1. The molecular formula is C38H27BrClFN4O7. The molecule has 2 aliphatic carbocycles. The maximum absolute atomic E-state index is 15.2. The van der Waals surface area contributed by atoms with Gasteiger partial charge in [0.15, 0.2) is 0 Å². The summed E-state index contributed by atoms with van der Waals surface area (Å²) in [5.74, 6) is -7.66. The molecule has 0 radical (unpaired) electrons. The predicted octanol–water partition coefficient (Wildman–Crippen LogP) is 7.04. The summed E-state index contributed by atoms with van der Waals surface area (Å²) in [6, 6.07) is 21.8. The van der Waals surface area contributed by atoms with E-state index in [-0.39, 0.29) is 35.7 Å². The number of carbonyl (C=O) groups is 4. The van der Waals surface area contributed by atoms with Crippen LogP contribution < -0.4 is 10.3 Å². The van der Waals surface area contributed by atoms with Crippen LogP contribution in [0.15, 0.2) is 107 Å². The molecule has 2 saturated heterocycles. The van der Waals surface area contributed by atoms with Gasteiger partial charge in [0.1, 0.15) is 11.6 Å². The largest absolute Gasteiger partial charge is 0.508 e. The van der Waals surface area contributed by atoms with Gasteiger partial charge in [0.25, 0.3) is 17.5 Å². The van der Waals surface area contributed by atoms with Crippen molar-refractivity contribution in [3.05, 3.63) is 139 Å². The number of aromatic hydroxyl groups is 1. The van der Waals surface area contributed by atoms with Crippen molar-refractivity contribution in [2.24, 2.45) is 23.7 Å².